The minimum Gasteiger partial charge on any atom is -0.493 e. The number of aryl methyl sites for hydroxylation is 1. The molecule has 0 aliphatic carbocycles. The maximum absolute atomic E-state index is 12.3. The van der Waals surface area contributed by atoms with E-state index < -0.39 is 0 Å². The van der Waals surface area contributed by atoms with E-state index in [0.717, 1.165) is 64.4 Å². The number of ether oxygens (including phenoxy) is 3. The van der Waals surface area contributed by atoms with Crippen LogP contribution in [0.5, 0.6) is 17.2 Å². The average Bonchev–Trinajstić information content (AvgIpc) is 2.88. The van der Waals surface area contributed by atoms with Crippen LogP contribution in [0, 0.1) is 6.92 Å². The molecule has 0 fully saturated rings. The van der Waals surface area contributed by atoms with Gasteiger partial charge in [0.05, 0.1) is 20.8 Å². The normalized spacial score (nSPS) is 15.0. The molecule has 1 atom stereocenters. The lowest BCUT2D eigenvalue weighted by molar-refractivity contribution is -0.932. The highest BCUT2D eigenvalue weighted by atomic mass is 16.5. The molecule has 0 radical (unpaired) electrons. The largest absolute Gasteiger partial charge is 0.493 e. The zero-order valence-corrected chi connectivity index (χ0v) is 19.6. The lowest BCUT2D eigenvalue weighted by Gasteiger charge is -2.28. The first-order chi connectivity index (χ1) is 16.6. The van der Waals surface area contributed by atoms with E-state index in [0.29, 0.717) is 12.3 Å². The second-order valence-corrected chi connectivity index (χ2v) is 8.62. The molecule has 0 bridgehead atoms. The minimum absolute atomic E-state index is 0.354. The van der Waals surface area contributed by atoms with E-state index in [1.165, 1.54) is 10.5 Å². The van der Waals surface area contributed by atoms with Gasteiger partial charge in [-0.2, -0.15) is 0 Å². The van der Waals surface area contributed by atoms with Crippen molar-refractivity contribution in [1.29, 1.82) is 0 Å². The van der Waals surface area contributed by atoms with Crippen molar-refractivity contribution in [3.05, 3.63) is 87.8 Å². The van der Waals surface area contributed by atoms with Crippen LogP contribution in [0.4, 0.5) is 0 Å². The van der Waals surface area contributed by atoms with Crippen LogP contribution < -0.4 is 24.7 Å². The van der Waals surface area contributed by atoms with Crippen molar-refractivity contribution in [3.63, 3.8) is 0 Å². The van der Waals surface area contributed by atoms with Crippen LogP contribution in [0.3, 0.4) is 0 Å². The van der Waals surface area contributed by atoms with Gasteiger partial charge in [0.25, 0.3) is 0 Å². The molecule has 174 valence electrons. The summed E-state index contributed by atoms with van der Waals surface area (Å²) < 4.78 is 22.6. The number of benzene rings is 3. The smallest absolute Gasteiger partial charge is 0.336 e. The molecule has 0 saturated heterocycles. The Balaban J connectivity index is 1.44. The quantitative estimate of drug-likeness (QED) is 0.446. The van der Waals surface area contributed by atoms with E-state index in [2.05, 4.69) is 12.1 Å². The fraction of sp³-hybridized carbons (Fsp3) is 0.250. The summed E-state index contributed by atoms with van der Waals surface area (Å²) in [7, 11) is 3.30. The Hall–Kier alpha value is -3.77. The zero-order chi connectivity index (χ0) is 23.7. The van der Waals surface area contributed by atoms with Gasteiger partial charge in [0.15, 0.2) is 11.5 Å². The molecule has 0 spiro atoms. The van der Waals surface area contributed by atoms with Gasteiger partial charge in [0.1, 0.15) is 17.9 Å². The monoisotopic (exact) mass is 458 g/mol. The first-order valence-electron chi connectivity index (χ1n) is 11.4. The molecule has 4 aromatic rings. The van der Waals surface area contributed by atoms with Crippen LogP contribution in [0.1, 0.15) is 16.7 Å². The molecule has 6 heteroatoms. The molecule has 0 amide bonds. The molecule has 0 saturated carbocycles. The van der Waals surface area contributed by atoms with Gasteiger partial charge >= 0.3 is 5.63 Å². The third-order valence-electron chi connectivity index (χ3n) is 6.45. The summed E-state index contributed by atoms with van der Waals surface area (Å²) in [4.78, 5) is 13.7. The van der Waals surface area contributed by atoms with Crippen molar-refractivity contribution < 1.29 is 23.5 Å². The predicted octanol–water partition coefficient (Wildman–Crippen LogP) is 3.76. The number of quaternary nitrogens is 1. The lowest BCUT2D eigenvalue weighted by atomic mass is 9.97. The fourth-order valence-corrected chi connectivity index (χ4v) is 4.71. The van der Waals surface area contributed by atoms with E-state index >= 15 is 0 Å². The van der Waals surface area contributed by atoms with Gasteiger partial charge < -0.3 is 18.6 Å². The van der Waals surface area contributed by atoms with Crippen LogP contribution in [0.2, 0.25) is 0 Å². The van der Waals surface area contributed by atoms with Gasteiger partial charge in [0.2, 0.25) is 6.73 Å². The Kier molecular flexibility index (Phi) is 5.99. The van der Waals surface area contributed by atoms with Crippen molar-refractivity contribution in [2.24, 2.45) is 0 Å². The summed E-state index contributed by atoms with van der Waals surface area (Å²) in [5, 5.41) is 0.937. The molecular formula is C28H28NO5+. The first-order valence-corrected chi connectivity index (χ1v) is 11.4. The second kappa shape index (κ2) is 9.23. The van der Waals surface area contributed by atoms with Crippen LogP contribution >= 0.6 is 0 Å². The predicted molar refractivity (Wildman–Crippen MR) is 131 cm³/mol. The Morgan fingerprint density at radius 3 is 2.53 bits per heavy atom. The van der Waals surface area contributed by atoms with Gasteiger partial charge in [0, 0.05) is 29.0 Å². The minimum atomic E-state index is -0.354. The van der Waals surface area contributed by atoms with Crippen LogP contribution in [-0.4, -0.2) is 27.5 Å². The highest BCUT2D eigenvalue weighted by molar-refractivity contribution is 5.96. The van der Waals surface area contributed by atoms with Crippen molar-refractivity contribution in [3.8, 4) is 28.4 Å². The van der Waals surface area contributed by atoms with Crippen LogP contribution in [-0.2, 0) is 13.0 Å². The lowest BCUT2D eigenvalue weighted by Crippen LogP contribution is -3.12. The SMILES string of the molecule is COc1ccc(CC[NH+]2COc3c(cc4c(-c5ccccc5)cc(=O)oc4c3C)C2)cc1OC. The van der Waals surface area contributed by atoms with Crippen molar-refractivity contribution in [2.45, 2.75) is 19.9 Å². The number of rotatable bonds is 6. The Morgan fingerprint density at radius 2 is 1.76 bits per heavy atom. The number of hydrogen-bond acceptors (Lipinski definition) is 5. The number of nitrogens with one attached hydrogen (secondary N) is 1. The number of methoxy groups -OCH3 is 2. The van der Waals surface area contributed by atoms with Gasteiger partial charge in [-0.1, -0.05) is 36.4 Å². The van der Waals surface area contributed by atoms with E-state index in [1.807, 2.05) is 49.4 Å². The summed E-state index contributed by atoms with van der Waals surface area (Å²) in [6.07, 6.45) is 0.894. The molecule has 34 heavy (non-hydrogen) atoms. The Labute approximate surface area is 198 Å². The topological polar surface area (TPSA) is 62.3 Å². The third kappa shape index (κ3) is 4.13. The summed E-state index contributed by atoms with van der Waals surface area (Å²) in [6.45, 7) is 4.29. The molecule has 2 heterocycles. The molecule has 5 rings (SSSR count). The summed E-state index contributed by atoms with van der Waals surface area (Å²) in [5.41, 5.74) is 5.32. The van der Waals surface area contributed by atoms with Crippen molar-refractivity contribution in [1.82, 2.24) is 0 Å². The first kappa shape index (κ1) is 22.0. The maximum Gasteiger partial charge on any atom is 0.336 e. The van der Waals surface area contributed by atoms with Gasteiger partial charge in [-0.05, 0) is 41.8 Å². The number of fused-ring (bicyclic) bond motifs is 2. The average molecular weight is 459 g/mol. The number of hydrogen-bond donors (Lipinski definition) is 1. The van der Waals surface area contributed by atoms with Gasteiger partial charge in [-0.15, -0.1) is 0 Å². The van der Waals surface area contributed by atoms with Gasteiger partial charge in [-0.25, -0.2) is 4.79 Å². The zero-order valence-electron chi connectivity index (χ0n) is 19.6. The van der Waals surface area contributed by atoms with Crippen LogP contribution in [0.25, 0.3) is 22.1 Å². The molecular weight excluding hydrogens is 430 g/mol. The Bertz CT molecular complexity index is 1390. The standard InChI is InChI=1S/C28H27NO5/c1-18-27-21(14-23-22(15-26(30)34-28(18)23)20-7-5-4-6-8-20)16-29(17-33-27)12-11-19-9-10-24(31-2)25(13-19)32-3/h4-10,13-15H,11-12,16-17H2,1-3H3/p+1. The maximum atomic E-state index is 12.3. The second-order valence-electron chi connectivity index (χ2n) is 8.62. The molecule has 1 aliphatic heterocycles. The van der Waals surface area contributed by atoms with E-state index in [9.17, 15) is 4.79 Å². The van der Waals surface area contributed by atoms with E-state index in [4.69, 9.17) is 18.6 Å². The molecule has 1 aromatic heterocycles. The summed E-state index contributed by atoms with van der Waals surface area (Å²) >= 11 is 0. The van der Waals surface area contributed by atoms with Crippen molar-refractivity contribution in [2.75, 3.05) is 27.5 Å². The van der Waals surface area contributed by atoms with E-state index in [-0.39, 0.29) is 5.63 Å². The highest BCUT2D eigenvalue weighted by Crippen LogP contribution is 2.36. The van der Waals surface area contributed by atoms with Crippen LogP contribution in [0.15, 0.2) is 69.9 Å². The van der Waals surface area contributed by atoms with E-state index in [1.54, 1.807) is 20.3 Å². The molecule has 1 N–H and O–H groups in total. The summed E-state index contributed by atoms with van der Waals surface area (Å²) in [6, 6.07) is 19.7. The molecule has 6 nitrogen and oxygen atoms in total. The summed E-state index contributed by atoms with van der Waals surface area (Å²) in [5.74, 6) is 2.31. The fourth-order valence-electron chi connectivity index (χ4n) is 4.71. The molecule has 3 aromatic carbocycles. The molecule has 1 unspecified atom stereocenters. The van der Waals surface area contributed by atoms with Gasteiger partial charge in [-0.3, -0.25) is 4.90 Å². The van der Waals surface area contributed by atoms with Crippen molar-refractivity contribution >= 4 is 11.0 Å². The third-order valence-corrected chi connectivity index (χ3v) is 6.45. The molecule has 1 aliphatic rings. The highest BCUT2D eigenvalue weighted by Gasteiger charge is 2.25. The Morgan fingerprint density at radius 1 is 0.971 bits per heavy atom.